The quantitative estimate of drug-likeness (QED) is 0.538. The molecule has 2 aromatic carbocycles. The maximum Gasteiger partial charge on any atom is 0.225 e. The summed E-state index contributed by atoms with van der Waals surface area (Å²) >= 11 is 0. The number of rotatable bonds is 8. The summed E-state index contributed by atoms with van der Waals surface area (Å²) in [6.45, 7) is 4.49. The highest BCUT2D eigenvalue weighted by Crippen LogP contribution is 2.39. The zero-order valence-corrected chi connectivity index (χ0v) is 18.7. The highest BCUT2D eigenvalue weighted by molar-refractivity contribution is 7.90. The molecule has 3 aromatic rings. The van der Waals surface area contributed by atoms with E-state index in [1.54, 1.807) is 6.07 Å². The van der Waals surface area contributed by atoms with Crippen molar-refractivity contribution in [1.82, 2.24) is 9.97 Å². The van der Waals surface area contributed by atoms with Gasteiger partial charge in [-0.2, -0.15) is 4.98 Å². The first-order chi connectivity index (χ1) is 14.7. The van der Waals surface area contributed by atoms with Crippen LogP contribution in [0.5, 0.6) is 17.2 Å². The molecule has 0 atom stereocenters. The number of methoxy groups -OCH3 is 1. The van der Waals surface area contributed by atoms with Gasteiger partial charge < -0.3 is 20.5 Å². The second-order valence-corrected chi connectivity index (χ2v) is 9.34. The van der Waals surface area contributed by atoms with Crippen molar-refractivity contribution in [2.45, 2.75) is 31.2 Å². The fourth-order valence-electron chi connectivity index (χ4n) is 2.99. The molecule has 9 heteroatoms. The van der Waals surface area contributed by atoms with Crippen LogP contribution in [0.3, 0.4) is 0 Å². The number of anilines is 2. The Morgan fingerprint density at radius 1 is 1.10 bits per heavy atom. The normalized spacial score (nSPS) is 11.4. The zero-order chi connectivity index (χ0) is 22.6. The SMILES string of the molecule is COc1cc(C(C)C)c(Oc2cnc(NCc3ccccc3)nc2N)cc1S(C)(=O)=O. The standard InChI is InChI=1S/C22H26N4O4S/c1-14(2)16-10-18(29-3)20(31(4,27)28)11-17(16)30-19-13-25-22(26-21(19)23)24-12-15-8-6-5-7-9-15/h5-11,13-14H,12H2,1-4H3,(H3,23,24,25,26). The van der Waals surface area contributed by atoms with Crippen LogP contribution in [0, 0.1) is 0 Å². The van der Waals surface area contributed by atoms with Crippen molar-refractivity contribution < 1.29 is 17.9 Å². The van der Waals surface area contributed by atoms with Gasteiger partial charge in [-0.3, -0.25) is 0 Å². The number of nitrogens with zero attached hydrogens (tertiary/aromatic N) is 2. The van der Waals surface area contributed by atoms with E-state index in [2.05, 4.69) is 15.3 Å². The fraction of sp³-hybridized carbons (Fsp3) is 0.273. The Bertz CT molecular complexity index is 1170. The molecule has 0 aliphatic rings. The van der Waals surface area contributed by atoms with Crippen LogP contribution in [0.4, 0.5) is 11.8 Å². The maximum absolute atomic E-state index is 12.2. The van der Waals surface area contributed by atoms with Gasteiger partial charge in [0.2, 0.25) is 5.95 Å². The second-order valence-electron chi connectivity index (χ2n) is 7.35. The second kappa shape index (κ2) is 9.22. The van der Waals surface area contributed by atoms with Crippen molar-refractivity contribution >= 4 is 21.6 Å². The minimum atomic E-state index is -3.53. The van der Waals surface area contributed by atoms with E-state index in [9.17, 15) is 8.42 Å². The third-order valence-electron chi connectivity index (χ3n) is 4.61. The van der Waals surface area contributed by atoms with Crippen molar-refractivity contribution in [3.05, 3.63) is 59.8 Å². The Balaban J connectivity index is 1.89. The van der Waals surface area contributed by atoms with Gasteiger partial charge in [0.1, 0.15) is 16.4 Å². The summed E-state index contributed by atoms with van der Waals surface area (Å²) in [5.41, 5.74) is 7.94. The average molecular weight is 443 g/mol. The monoisotopic (exact) mass is 442 g/mol. The first-order valence-corrected chi connectivity index (χ1v) is 11.6. The molecular weight excluding hydrogens is 416 g/mol. The summed E-state index contributed by atoms with van der Waals surface area (Å²) in [5, 5.41) is 3.11. The Morgan fingerprint density at radius 2 is 1.81 bits per heavy atom. The van der Waals surface area contributed by atoms with Crippen molar-refractivity contribution in [3.8, 4) is 17.2 Å². The molecule has 0 radical (unpaired) electrons. The number of hydrogen-bond donors (Lipinski definition) is 2. The van der Waals surface area contributed by atoms with E-state index in [0.717, 1.165) is 17.4 Å². The van der Waals surface area contributed by atoms with Gasteiger partial charge >= 0.3 is 0 Å². The molecule has 3 rings (SSSR count). The largest absolute Gasteiger partial charge is 0.495 e. The molecule has 164 valence electrons. The number of nitrogen functional groups attached to an aromatic ring is 1. The summed E-state index contributed by atoms with van der Waals surface area (Å²) in [6.07, 6.45) is 2.58. The lowest BCUT2D eigenvalue weighted by Crippen LogP contribution is -2.07. The van der Waals surface area contributed by atoms with Gasteiger partial charge in [-0.25, -0.2) is 13.4 Å². The van der Waals surface area contributed by atoms with E-state index in [4.69, 9.17) is 15.2 Å². The molecule has 0 aliphatic heterocycles. The highest BCUT2D eigenvalue weighted by Gasteiger charge is 2.21. The maximum atomic E-state index is 12.2. The van der Waals surface area contributed by atoms with Crippen molar-refractivity contribution in [3.63, 3.8) is 0 Å². The van der Waals surface area contributed by atoms with E-state index in [0.29, 0.717) is 18.2 Å². The number of benzene rings is 2. The van der Waals surface area contributed by atoms with Crippen LogP contribution < -0.4 is 20.5 Å². The lowest BCUT2D eigenvalue weighted by atomic mass is 10.0. The van der Waals surface area contributed by atoms with Crippen molar-refractivity contribution in [2.75, 3.05) is 24.4 Å². The van der Waals surface area contributed by atoms with Crippen molar-refractivity contribution in [2.24, 2.45) is 0 Å². The Labute approximate surface area is 182 Å². The van der Waals surface area contributed by atoms with Crippen LogP contribution in [-0.2, 0) is 16.4 Å². The Morgan fingerprint density at radius 3 is 2.39 bits per heavy atom. The van der Waals surface area contributed by atoms with Crippen molar-refractivity contribution in [1.29, 1.82) is 0 Å². The van der Waals surface area contributed by atoms with E-state index >= 15 is 0 Å². The first kappa shape index (κ1) is 22.4. The smallest absolute Gasteiger partial charge is 0.225 e. The summed E-state index contributed by atoms with van der Waals surface area (Å²) in [6, 6.07) is 13.0. The summed E-state index contributed by atoms with van der Waals surface area (Å²) in [7, 11) is -2.10. The zero-order valence-electron chi connectivity index (χ0n) is 17.9. The van der Waals surface area contributed by atoms with E-state index in [-0.39, 0.29) is 28.1 Å². The number of hydrogen-bond acceptors (Lipinski definition) is 8. The third-order valence-corrected chi connectivity index (χ3v) is 5.73. The molecule has 0 spiro atoms. The van der Waals surface area contributed by atoms with E-state index in [1.807, 2.05) is 44.2 Å². The topological polar surface area (TPSA) is 116 Å². The van der Waals surface area contributed by atoms with Gasteiger partial charge in [-0.15, -0.1) is 0 Å². The van der Waals surface area contributed by atoms with Gasteiger partial charge in [0.15, 0.2) is 21.4 Å². The molecule has 0 aliphatic carbocycles. The molecule has 0 bridgehead atoms. The van der Waals surface area contributed by atoms with E-state index < -0.39 is 9.84 Å². The van der Waals surface area contributed by atoms with Crippen LogP contribution in [0.15, 0.2) is 53.6 Å². The molecule has 1 aromatic heterocycles. The molecule has 0 saturated carbocycles. The highest BCUT2D eigenvalue weighted by atomic mass is 32.2. The number of sulfone groups is 1. The van der Waals surface area contributed by atoms with Gasteiger partial charge in [0.05, 0.1) is 13.3 Å². The van der Waals surface area contributed by atoms with Gasteiger partial charge in [0.25, 0.3) is 0 Å². The van der Waals surface area contributed by atoms with Gasteiger partial charge in [-0.05, 0) is 17.5 Å². The van der Waals surface area contributed by atoms with Crippen LogP contribution >= 0.6 is 0 Å². The molecule has 0 unspecified atom stereocenters. The summed E-state index contributed by atoms with van der Waals surface area (Å²) in [4.78, 5) is 8.55. The van der Waals surface area contributed by atoms with E-state index in [1.165, 1.54) is 19.4 Å². The first-order valence-electron chi connectivity index (χ1n) is 9.69. The van der Waals surface area contributed by atoms with Gasteiger partial charge in [-0.1, -0.05) is 44.2 Å². The molecule has 0 saturated heterocycles. The number of aromatic nitrogens is 2. The Kier molecular flexibility index (Phi) is 6.65. The van der Waals surface area contributed by atoms with Crippen LogP contribution in [0.2, 0.25) is 0 Å². The molecule has 1 heterocycles. The number of nitrogens with one attached hydrogen (secondary N) is 1. The number of nitrogens with two attached hydrogens (primary N) is 1. The van der Waals surface area contributed by atoms with Crippen LogP contribution in [0.1, 0.15) is 30.9 Å². The Hall–Kier alpha value is -3.33. The van der Waals surface area contributed by atoms with Gasteiger partial charge in [0, 0.05) is 24.4 Å². The summed E-state index contributed by atoms with van der Waals surface area (Å²) in [5.74, 6) is 1.41. The fourth-order valence-corrected chi connectivity index (χ4v) is 3.82. The van der Waals surface area contributed by atoms with Crippen LogP contribution in [-0.4, -0.2) is 31.8 Å². The lowest BCUT2D eigenvalue weighted by molar-refractivity contribution is 0.398. The minimum Gasteiger partial charge on any atom is -0.495 e. The molecule has 0 fully saturated rings. The lowest BCUT2D eigenvalue weighted by Gasteiger charge is -2.18. The third kappa shape index (κ3) is 5.43. The molecule has 3 N–H and O–H groups in total. The molecule has 0 amide bonds. The predicted molar refractivity (Wildman–Crippen MR) is 120 cm³/mol. The molecular formula is C22H26N4O4S. The molecule has 8 nitrogen and oxygen atoms in total. The predicted octanol–water partition coefficient (Wildman–Crippen LogP) is 4.00. The average Bonchev–Trinajstić information content (AvgIpc) is 2.73. The molecule has 31 heavy (non-hydrogen) atoms. The summed E-state index contributed by atoms with van der Waals surface area (Å²) < 4.78 is 35.6. The number of ether oxygens (including phenoxy) is 2. The van der Waals surface area contributed by atoms with Crippen LogP contribution in [0.25, 0.3) is 0 Å². The minimum absolute atomic E-state index is 0.0371.